The molecule has 2 bridgehead atoms. The van der Waals surface area contributed by atoms with Crippen molar-refractivity contribution in [1.82, 2.24) is 0 Å². The van der Waals surface area contributed by atoms with Gasteiger partial charge in [-0.2, -0.15) is 0 Å². The summed E-state index contributed by atoms with van der Waals surface area (Å²) >= 11 is 0. The monoisotopic (exact) mass is 273 g/mol. The Morgan fingerprint density at radius 3 is 2.70 bits per heavy atom. The van der Waals surface area contributed by atoms with E-state index in [1.54, 1.807) is 6.08 Å². The number of benzene rings is 1. The number of carboxylic acid groups (broad SMARTS) is 1. The molecule has 20 heavy (non-hydrogen) atoms. The number of fused-ring (bicyclic) bond motifs is 2. The Labute approximate surface area is 118 Å². The Bertz CT molecular complexity index is 541. The first-order valence-corrected chi connectivity index (χ1v) is 7.04. The fourth-order valence-corrected chi connectivity index (χ4v) is 3.07. The van der Waals surface area contributed by atoms with Gasteiger partial charge in [-0.25, -0.2) is 4.79 Å². The van der Waals surface area contributed by atoms with Crippen molar-refractivity contribution in [1.29, 1.82) is 0 Å². The first-order valence-electron chi connectivity index (χ1n) is 7.04. The molecule has 1 aromatic carbocycles. The molecule has 2 saturated heterocycles. The molecule has 106 valence electrons. The summed E-state index contributed by atoms with van der Waals surface area (Å²) in [6.07, 6.45) is 5.80. The van der Waals surface area contributed by atoms with Gasteiger partial charge in [0, 0.05) is 24.9 Å². The van der Waals surface area contributed by atoms with E-state index in [1.807, 2.05) is 13.0 Å². The Balaban J connectivity index is 1.90. The topological polar surface area (TPSA) is 49.8 Å². The first kappa shape index (κ1) is 13.2. The molecule has 3 rings (SSSR count). The molecule has 1 aromatic rings. The molecule has 0 amide bonds. The summed E-state index contributed by atoms with van der Waals surface area (Å²) in [5.41, 5.74) is 3.21. The summed E-state index contributed by atoms with van der Waals surface area (Å²) in [5.74, 6) is -0.917. The highest BCUT2D eigenvalue weighted by Crippen LogP contribution is 2.32. The fourth-order valence-electron chi connectivity index (χ4n) is 3.07. The molecule has 0 spiro atoms. The molecule has 4 nitrogen and oxygen atoms in total. The summed E-state index contributed by atoms with van der Waals surface area (Å²) in [5, 5.41) is 8.82. The third kappa shape index (κ3) is 2.70. The number of hydrogen-bond donors (Lipinski definition) is 1. The van der Waals surface area contributed by atoms with Crippen LogP contribution in [0.3, 0.4) is 0 Å². The van der Waals surface area contributed by atoms with Crippen LogP contribution < -0.4 is 4.90 Å². The number of hydrogen-bond acceptors (Lipinski definition) is 3. The highest BCUT2D eigenvalue weighted by Gasteiger charge is 2.34. The molecule has 0 radical (unpaired) electrons. The van der Waals surface area contributed by atoms with E-state index in [4.69, 9.17) is 9.84 Å². The Kier molecular flexibility index (Phi) is 3.49. The third-order valence-corrected chi connectivity index (χ3v) is 3.97. The average molecular weight is 273 g/mol. The molecular weight excluding hydrogens is 254 g/mol. The van der Waals surface area contributed by atoms with Gasteiger partial charge in [0.2, 0.25) is 0 Å². The maximum Gasteiger partial charge on any atom is 0.328 e. The number of rotatable bonds is 3. The largest absolute Gasteiger partial charge is 0.478 e. The van der Waals surface area contributed by atoms with E-state index in [1.165, 1.54) is 6.08 Å². The SMILES string of the molecule is Cc1ccc(N2CC3CCC(C2)O3)c(/C=C/C(=O)O)c1. The maximum atomic E-state index is 10.7. The predicted molar refractivity (Wildman–Crippen MR) is 78.0 cm³/mol. The van der Waals surface area contributed by atoms with Gasteiger partial charge in [0.1, 0.15) is 0 Å². The van der Waals surface area contributed by atoms with Crippen LogP contribution in [-0.2, 0) is 9.53 Å². The molecule has 2 heterocycles. The molecular formula is C16H19NO3. The lowest BCUT2D eigenvalue weighted by Crippen LogP contribution is -2.42. The molecule has 2 unspecified atom stereocenters. The van der Waals surface area contributed by atoms with Crippen molar-refractivity contribution in [2.24, 2.45) is 0 Å². The number of morpholine rings is 1. The van der Waals surface area contributed by atoms with Crippen molar-refractivity contribution in [3.63, 3.8) is 0 Å². The van der Waals surface area contributed by atoms with Crippen LogP contribution in [0.15, 0.2) is 24.3 Å². The minimum atomic E-state index is -0.917. The Morgan fingerprint density at radius 1 is 1.35 bits per heavy atom. The second-order valence-electron chi connectivity index (χ2n) is 5.60. The van der Waals surface area contributed by atoms with Crippen LogP contribution in [0.1, 0.15) is 24.0 Å². The third-order valence-electron chi connectivity index (χ3n) is 3.97. The van der Waals surface area contributed by atoms with Crippen molar-refractivity contribution in [3.05, 3.63) is 35.4 Å². The fraction of sp³-hybridized carbons (Fsp3) is 0.438. The molecule has 4 heteroatoms. The second-order valence-corrected chi connectivity index (χ2v) is 5.60. The lowest BCUT2D eigenvalue weighted by Gasteiger charge is -2.34. The van der Waals surface area contributed by atoms with Crippen LogP contribution in [0, 0.1) is 6.92 Å². The number of ether oxygens (including phenoxy) is 1. The summed E-state index contributed by atoms with van der Waals surface area (Å²) in [6, 6.07) is 6.19. The van der Waals surface area contributed by atoms with Gasteiger partial charge in [0.05, 0.1) is 12.2 Å². The van der Waals surface area contributed by atoms with Crippen LogP contribution in [-0.4, -0.2) is 36.4 Å². The lowest BCUT2D eigenvalue weighted by molar-refractivity contribution is -0.131. The molecule has 0 saturated carbocycles. The smallest absolute Gasteiger partial charge is 0.328 e. The van der Waals surface area contributed by atoms with Gasteiger partial charge in [-0.05, 0) is 43.5 Å². The van der Waals surface area contributed by atoms with Crippen molar-refractivity contribution >= 4 is 17.7 Å². The van der Waals surface area contributed by atoms with E-state index in [2.05, 4.69) is 17.0 Å². The zero-order chi connectivity index (χ0) is 14.1. The van der Waals surface area contributed by atoms with Gasteiger partial charge in [0.25, 0.3) is 0 Å². The molecule has 2 atom stereocenters. The number of nitrogens with zero attached hydrogens (tertiary/aromatic N) is 1. The average Bonchev–Trinajstić information content (AvgIpc) is 2.75. The van der Waals surface area contributed by atoms with E-state index < -0.39 is 5.97 Å². The molecule has 2 aliphatic rings. The van der Waals surface area contributed by atoms with Gasteiger partial charge >= 0.3 is 5.97 Å². The van der Waals surface area contributed by atoms with E-state index in [0.717, 1.165) is 42.7 Å². The van der Waals surface area contributed by atoms with E-state index in [0.29, 0.717) is 12.2 Å². The molecule has 0 aromatic heterocycles. The van der Waals surface area contributed by atoms with E-state index in [-0.39, 0.29) is 0 Å². The number of aliphatic carboxylic acids is 1. The number of anilines is 1. The molecule has 1 N–H and O–H groups in total. The lowest BCUT2D eigenvalue weighted by atomic mass is 10.1. The van der Waals surface area contributed by atoms with Crippen LogP contribution in [0.5, 0.6) is 0 Å². The molecule has 0 aliphatic carbocycles. The quantitative estimate of drug-likeness (QED) is 0.859. The summed E-state index contributed by atoms with van der Waals surface area (Å²) in [6.45, 7) is 3.81. The van der Waals surface area contributed by atoms with Gasteiger partial charge in [-0.3, -0.25) is 0 Å². The number of carboxylic acids is 1. The number of aryl methyl sites for hydroxylation is 1. The van der Waals surface area contributed by atoms with Crippen LogP contribution in [0.4, 0.5) is 5.69 Å². The second kappa shape index (κ2) is 5.29. The first-order chi connectivity index (χ1) is 9.61. The summed E-state index contributed by atoms with van der Waals surface area (Å²) < 4.78 is 5.86. The van der Waals surface area contributed by atoms with E-state index >= 15 is 0 Å². The van der Waals surface area contributed by atoms with Crippen LogP contribution in [0.2, 0.25) is 0 Å². The Hall–Kier alpha value is -1.81. The van der Waals surface area contributed by atoms with E-state index in [9.17, 15) is 4.79 Å². The minimum absolute atomic E-state index is 0.325. The predicted octanol–water partition coefficient (Wildman–Crippen LogP) is 2.46. The van der Waals surface area contributed by atoms with Crippen molar-refractivity contribution in [2.45, 2.75) is 32.0 Å². The molecule has 2 aliphatic heterocycles. The minimum Gasteiger partial charge on any atom is -0.478 e. The zero-order valence-electron chi connectivity index (χ0n) is 11.6. The normalized spacial score (nSPS) is 25.4. The zero-order valence-corrected chi connectivity index (χ0v) is 11.6. The van der Waals surface area contributed by atoms with Gasteiger partial charge < -0.3 is 14.7 Å². The van der Waals surface area contributed by atoms with Crippen molar-refractivity contribution in [3.8, 4) is 0 Å². The van der Waals surface area contributed by atoms with Crippen molar-refractivity contribution < 1.29 is 14.6 Å². The highest BCUT2D eigenvalue weighted by atomic mass is 16.5. The summed E-state index contributed by atoms with van der Waals surface area (Å²) in [4.78, 5) is 13.1. The summed E-state index contributed by atoms with van der Waals surface area (Å²) in [7, 11) is 0. The van der Waals surface area contributed by atoms with Gasteiger partial charge in [-0.15, -0.1) is 0 Å². The maximum absolute atomic E-state index is 10.7. The number of carbonyl (C=O) groups is 1. The van der Waals surface area contributed by atoms with Gasteiger partial charge in [0.15, 0.2) is 0 Å². The van der Waals surface area contributed by atoms with Crippen LogP contribution >= 0.6 is 0 Å². The van der Waals surface area contributed by atoms with Crippen molar-refractivity contribution in [2.75, 3.05) is 18.0 Å². The molecule has 2 fully saturated rings. The van der Waals surface area contributed by atoms with Crippen LogP contribution in [0.25, 0.3) is 6.08 Å². The standard InChI is InChI=1S/C16H19NO3/c1-11-2-6-15(12(8-11)3-7-16(18)19)17-9-13-4-5-14(10-17)20-13/h2-3,6-8,13-14H,4-5,9-10H2,1H3,(H,18,19)/b7-3+. The highest BCUT2D eigenvalue weighted by molar-refractivity contribution is 5.87. The van der Waals surface area contributed by atoms with Gasteiger partial charge in [-0.1, -0.05) is 11.6 Å². The Morgan fingerprint density at radius 2 is 2.05 bits per heavy atom.